The number of ether oxygens (including phenoxy) is 5. The number of carbonyl (C=O) groups excluding carboxylic acids is 1. The lowest BCUT2D eigenvalue weighted by Crippen LogP contribution is -2.22. The normalized spacial score (nSPS) is 21.0. The van der Waals surface area contributed by atoms with Gasteiger partial charge in [-0.2, -0.15) is 0 Å². The summed E-state index contributed by atoms with van der Waals surface area (Å²) in [6.07, 6.45) is 2.53. The zero-order chi connectivity index (χ0) is 21.1. The molecular formula is C22H20I2O6. The van der Waals surface area contributed by atoms with Gasteiger partial charge in [0, 0.05) is 11.0 Å². The lowest BCUT2D eigenvalue weighted by atomic mass is 9.78. The van der Waals surface area contributed by atoms with E-state index in [1.54, 1.807) is 0 Å². The summed E-state index contributed by atoms with van der Waals surface area (Å²) >= 11 is 4.29. The summed E-state index contributed by atoms with van der Waals surface area (Å²) in [5, 5.41) is 0. The summed E-state index contributed by atoms with van der Waals surface area (Å²) in [5.74, 6) is 2.52. The van der Waals surface area contributed by atoms with E-state index in [0.29, 0.717) is 39.3 Å². The van der Waals surface area contributed by atoms with E-state index in [2.05, 4.69) is 45.2 Å². The fourth-order valence-electron chi connectivity index (χ4n) is 3.64. The Labute approximate surface area is 202 Å². The Kier molecular flexibility index (Phi) is 6.61. The fraction of sp³-hybridized carbons (Fsp3) is 0.318. The molecule has 30 heavy (non-hydrogen) atoms. The van der Waals surface area contributed by atoms with E-state index in [-0.39, 0.29) is 12.8 Å². The van der Waals surface area contributed by atoms with E-state index in [4.69, 9.17) is 23.7 Å². The van der Waals surface area contributed by atoms with Gasteiger partial charge in [0.15, 0.2) is 23.0 Å². The summed E-state index contributed by atoms with van der Waals surface area (Å²) in [6.45, 7) is 2.62. The minimum absolute atomic E-state index is 0.238. The molecule has 0 spiro atoms. The van der Waals surface area contributed by atoms with Gasteiger partial charge >= 0.3 is 5.97 Å². The van der Waals surface area contributed by atoms with Crippen LogP contribution in [0.2, 0.25) is 0 Å². The topological polar surface area (TPSA) is 63.2 Å². The van der Waals surface area contributed by atoms with Gasteiger partial charge < -0.3 is 23.7 Å². The highest BCUT2D eigenvalue weighted by atomic mass is 127. The molecular weight excluding hydrogens is 614 g/mol. The van der Waals surface area contributed by atoms with Crippen molar-refractivity contribution in [2.45, 2.75) is 13.3 Å². The predicted molar refractivity (Wildman–Crippen MR) is 129 cm³/mol. The quantitative estimate of drug-likeness (QED) is 0.182. The summed E-state index contributed by atoms with van der Waals surface area (Å²) in [7, 11) is 0. The van der Waals surface area contributed by atoms with Gasteiger partial charge in [0.1, 0.15) is 15.8 Å². The maximum absolute atomic E-state index is 12.6. The van der Waals surface area contributed by atoms with Crippen molar-refractivity contribution in [1.82, 2.24) is 0 Å². The van der Waals surface area contributed by atoms with E-state index >= 15 is 0 Å². The SMILES string of the molecule is C[C@]1(Cc2ccc3c(c2)OCO3)COC(=O)/C1=C\c1ccc(OCI)c(OCI)c1. The van der Waals surface area contributed by atoms with Crippen molar-refractivity contribution in [3.8, 4) is 23.0 Å². The second kappa shape index (κ2) is 9.21. The van der Waals surface area contributed by atoms with Crippen LogP contribution in [0.25, 0.3) is 6.08 Å². The number of fused-ring (bicyclic) bond motifs is 1. The van der Waals surface area contributed by atoms with Gasteiger partial charge in [0.25, 0.3) is 0 Å². The van der Waals surface area contributed by atoms with Gasteiger partial charge in [0.2, 0.25) is 6.79 Å². The number of hydrogen-bond donors (Lipinski definition) is 0. The zero-order valence-electron chi connectivity index (χ0n) is 16.3. The number of alkyl halides is 2. The van der Waals surface area contributed by atoms with E-state index in [1.807, 2.05) is 49.4 Å². The van der Waals surface area contributed by atoms with Crippen LogP contribution in [-0.4, -0.2) is 28.6 Å². The van der Waals surface area contributed by atoms with Crippen LogP contribution >= 0.6 is 45.2 Å². The Morgan fingerprint density at radius 1 is 1.00 bits per heavy atom. The average molecular weight is 634 g/mol. The van der Waals surface area contributed by atoms with Crippen molar-refractivity contribution < 1.29 is 28.5 Å². The second-order valence-corrected chi connectivity index (χ2v) is 8.52. The molecule has 0 aromatic heterocycles. The highest BCUT2D eigenvalue weighted by Gasteiger charge is 2.42. The van der Waals surface area contributed by atoms with Gasteiger partial charge in [0.05, 0.1) is 0 Å². The van der Waals surface area contributed by atoms with Crippen LogP contribution in [0, 0.1) is 5.41 Å². The van der Waals surface area contributed by atoms with Gasteiger partial charge in [-0.1, -0.05) is 19.1 Å². The molecule has 158 valence electrons. The van der Waals surface area contributed by atoms with Crippen molar-refractivity contribution in [2.24, 2.45) is 5.41 Å². The molecule has 0 aliphatic carbocycles. The summed E-state index contributed by atoms with van der Waals surface area (Å²) in [4.78, 5) is 12.6. The minimum Gasteiger partial charge on any atom is -0.479 e. The smallest absolute Gasteiger partial charge is 0.334 e. The molecule has 2 aromatic carbocycles. The monoisotopic (exact) mass is 634 g/mol. The summed E-state index contributed by atoms with van der Waals surface area (Å²) in [6, 6.07) is 11.5. The fourth-order valence-corrected chi connectivity index (χ4v) is 4.31. The number of benzene rings is 2. The number of halogens is 2. The second-order valence-electron chi connectivity index (χ2n) is 7.27. The molecule has 2 aliphatic rings. The molecule has 2 aromatic rings. The van der Waals surface area contributed by atoms with Crippen LogP contribution in [0.5, 0.6) is 23.0 Å². The molecule has 1 fully saturated rings. The highest BCUT2D eigenvalue weighted by Crippen LogP contribution is 2.41. The summed E-state index contributed by atoms with van der Waals surface area (Å²) < 4.78 is 28.6. The van der Waals surface area contributed by atoms with Crippen LogP contribution in [0.4, 0.5) is 0 Å². The molecule has 1 saturated heterocycles. The van der Waals surface area contributed by atoms with Crippen LogP contribution in [0.3, 0.4) is 0 Å². The third-order valence-electron chi connectivity index (χ3n) is 5.12. The number of cyclic esters (lactones) is 1. The molecule has 0 unspecified atom stereocenters. The van der Waals surface area contributed by atoms with E-state index < -0.39 is 5.41 Å². The first kappa shape index (κ1) is 21.5. The Bertz CT molecular complexity index is 990. The van der Waals surface area contributed by atoms with Gasteiger partial charge in [-0.15, -0.1) is 0 Å². The first-order chi connectivity index (χ1) is 14.5. The molecule has 6 nitrogen and oxygen atoms in total. The van der Waals surface area contributed by atoms with Crippen molar-refractivity contribution in [3.63, 3.8) is 0 Å². The number of hydrogen-bond acceptors (Lipinski definition) is 6. The summed E-state index contributed by atoms with van der Waals surface area (Å²) in [5.41, 5.74) is 2.11. The van der Waals surface area contributed by atoms with E-state index in [0.717, 1.165) is 22.6 Å². The first-order valence-corrected chi connectivity index (χ1v) is 12.4. The molecule has 0 bridgehead atoms. The average Bonchev–Trinajstić information content (AvgIpc) is 3.30. The number of rotatable bonds is 7. The van der Waals surface area contributed by atoms with Crippen LogP contribution in [-0.2, 0) is 16.0 Å². The molecule has 2 heterocycles. The highest BCUT2D eigenvalue weighted by molar-refractivity contribution is 14.1. The molecule has 0 saturated carbocycles. The van der Waals surface area contributed by atoms with Crippen molar-refractivity contribution >= 4 is 57.2 Å². The molecule has 1 atom stereocenters. The Morgan fingerprint density at radius 3 is 2.57 bits per heavy atom. The van der Waals surface area contributed by atoms with Gasteiger partial charge in [-0.3, -0.25) is 0 Å². The molecule has 0 N–H and O–H groups in total. The third-order valence-corrected chi connectivity index (χ3v) is 5.74. The lowest BCUT2D eigenvalue weighted by Gasteiger charge is -2.22. The van der Waals surface area contributed by atoms with Crippen LogP contribution < -0.4 is 18.9 Å². The van der Waals surface area contributed by atoms with Crippen molar-refractivity contribution in [1.29, 1.82) is 0 Å². The largest absolute Gasteiger partial charge is 0.479 e. The van der Waals surface area contributed by atoms with Crippen LogP contribution in [0.15, 0.2) is 42.0 Å². The molecule has 8 heteroatoms. The maximum Gasteiger partial charge on any atom is 0.334 e. The molecule has 2 aliphatic heterocycles. The van der Waals surface area contributed by atoms with Crippen molar-refractivity contribution in [3.05, 3.63) is 53.1 Å². The van der Waals surface area contributed by atoms with Crippen molar-refractivity contribution in [2.75, 3.05) is 22.6 Å². The van der Waals surface area contributed by atoms with E-state index in [9.17, 15) is 4.79 Å². The van der Waals surface area contributed by atoms with Crippen LogP contribution in [0.1, 0.15) is 18.1 Å². The van der Waals surface area contributed by atoms with E-state index in [1.165, 1.54) is 0 Å². The predicted octanol–water partition coefficient (Wildman–Crippen LogP) is 5.15. The number of esters is 1. The first-order valence-electron chi connectivity index (χ1n) is 9.32. The Morgan fingerprint density at radius 2 is 1.77 bits per heavy atom. The lowest BCUT2D eigenvalue weighted by molar-refractivity contribution is -0.135. The maximum atomic E-state index is 12.6. The molecule has 4 rings (SSSR count). The molecule has 0 amide bonds. The minimum atomic E-state index is -0.452. The molecule has 0 radical (unpaired) electrons. The third kappa shape index (κ3) is 4.48. The van der Waals surface area contributed by atoms with Gasteiger partial charge in [-0.05, 0) is 93.1 Å². The Balaban J connectivity index is 1.63. The van der Waals surface area contributed by atoms with Gasteiger partial charge in [-0.25, -0.2) is 4.79 Å². The zero-order valence-corrected chi connectivity index (χ0v) is 20.6. The Hall–Kier alpha value is -1.69. The standard InChI is InChI=1S/C22H20I2O6/c1-22(9-15-3-5-18-20(8-15)30-13-29-18)10-26-21(25)16(22)6-14-2-4-17(27-11-23)19(7-14)28-12-24/h2-8H,9-13H2,1H3/b16-6+/t22-/m0/s1. The number of carbonyl (C=O) groups is 1.